The van der Waals surface area contributed by atoms with Gasteiger partial charge in [0.2, 0.25) is 0 Å². The third-order valence-electron chi connectivity index (χ3n) is 3.19. The molecule has 0 radical (unpaired) electrons. The van der Waals surface area contributed by atoms with Crippen molar-refractivity contribution in [3.8, 4) is 0 Å². The normalized spacial score (nSPS) is 10.8. The minimum atomic E-state index is -0.764. The van der Waals surface area contributed by atoms with E-state index in [1.54, 1.807) is 0 Å². The van der Waals surface area contributed by atoms with Crippen molar-refractivity contribution >= 4 is 5.97 Å². The lowest BCUT2D eigenvalue weighted by atomic mass is 10.1. The molecule has 0 atom stereocenters. The number of ether oxygens (including phenoxy) is 2. The highest BCUT2D eigenvalue weighted by Crippen LogP contribution is 2.08. The van der Waals surface area contributed by atoms with E-state index in [9.17, 15) is 4.79 Å². The summed E-state index contributed by atoms with van der Waals surface area (Å²) in [5.74, 6) is -0.764. The highest BCUT2D eigenvalue weighted by atomic mass is 16.5. The fourth-order valence-corrected chi connectivity index (χ4v) is 1.99. The van der Waals surface area contributed by atoms with Crippen LogP contribution in [-0.4, -0.2) is 37.5 Å². The first-order chi connectivity index (χ1) is 9.77. The Morgan fingerprint density at radius 3 is 1.80 bits per heavy atom. The Kier molecular flexibility index (Phi) is 15.9. The lowest BCUT2D eigenvalue weighted by Gasteiger charge is -2.05. The predicted molar refractivity (Wildman–Crippen MR) is 81.1 cm³/mol. The van der Waals surface area contributed by atoms with Crippen molar-refractivity contribution < 1.29 is 19.4 Å². The van der Waals surface area contributed by atoms with Crippen LogP contribution in [0.3, 0.4) is 0 Å². The van der Waals surface area contributed by atoms with Gasteiger partial charge >= 0.3 is 5.97 Å². The first kappa shape index (κ1) is 19.4. The standard InChI is InChI=1S/C16H32O4/c1-2-3-4-5-6-7-8-9-12-19-14-15-20-13-10-11-16(17)18/h2-15H2,1H3,(H,17,18). The van der Waals surface area contributed by atoms with Crippen LogP contribution in [0, 0.1) is 0 Å². The molecule has 0 unspecified atom stereocenters. The fraction of sp³-hybridized carbons (Fsp3) is 0.938. The van der Waals surface area contributed by atoms with E-state index in [1.807, 2.05) is 0 Å². The molecule has 0 amide bonds. The maximum absolute atomic E-state index is 10.3. The summed E-state index contributed by atoms with van der Waals surface area (Å²) in [6, 6.07) is 0. The van der Waals surface area contributed by atoms with Crippen LogP contribution in [0.4, 0.5) is 0 Å². The lowest BCUT2D eigenvalue weighted by molar-refractivity contribution is -0.137. The highest BCUT2D eigenvalue weighted by Gasteiger charge is 1.96. The molecule has 120 valence electrons. The molecular formula is C16H32O4. The Morgan fingerprint density at radius 1 is 0.750 bits per heavy atom. The van der Waals surface area contributed by atoms with Crippen LogP contribution in [0.2, 0.25) is 0 Å². The molecule has 4 heteroatoms. The van der Waals surface area contributed by atoms with Crippen LogP contribution in [-0.2, 0) is 14.3 Å². The van der Waals surface area contributed by atoms with Crippen molar-refractivity contribution in [1.82, 2.24) is 0 Å². The minimum Gasteiger partial charge on any atom is -0.481 e. The number of hydrogen-bond acceptors (Lipinski definition) is 3. The van der Waals surface area contributed by atoms with Crippen LogP contribution in [0.1, 0.15) is 71.1 Å². The largest absolute Gasteiger partial charge is 0.481 e. The van der Waals surface area contributed by atoms with Crippen molar-refractivity contribution in [2.75, 3.05) is 26.4 Å². The van der Waals surface area contributed by atoms with Gasteiger partial charge in [0.1, 0.15) is 0 Å². The van der Waals surface area contributed by atoms with Gasteiger partial charge in [-0.25, -0.2) is 0 Å². The van der Waals surface area contributed by atoms with E-state index in [-0.39, 0.29) is 6.42 Å². The molecule has 4 nitrogen and oxygen atoms in total. The van der Waals surface area contributed by atoms with Crippen molar-refractivity contribution in [3.05, 3.63) is 0 Å². The number of carbonyl (C=O) groups is 1. The quantitative estimate of drug-likeness (QED) is 0.436. The molecule has 1 N–H and O–H groups in total. The summed E-state index contributed by atoms with van der Waals surface area (Å²) in [4.78, 5) is 10.3. The Morgan fingerprint density at radius 2 is 1.25 bits per heavy atom. The third kappa shape index (κ3) is 17.4. The molecule has 0 saturated heterocycles. The number of carboxylic acids is 1. The van der Waals surface area contributed by atoms with Gasteiger partial charge in [-0.2, -0.15) is 0 Å². The molecule has 0 fully saturated rings. The number of unbranched alkanes of at least 4 members (excludes halogenated alkanes) is 7. The van der Waals surface area contributed by atoms with Crippen LogP contribution >= 0.6 is 0 Å². The summed E-state index contributed by atoms with van der Waals surface area (Å²) in [5.41, 5.74) is 0. The summed E-state index contributed by atoms with van der Waals surface area (Å²) < 4.78 is 10.7. The van der Waals surface area contributed by atoms with Gasteiger partial charge in [0.05, 0.1) is 13.2 Å². The smallest absolute Gasteiger partial charge is 0.303 e. The molecule has 0 heterocycles. The molecule has 0 rings (SSSR count). The maximum atomic E-state index is 10.3. The molecule has 0 aromatic rings. The third-order valence-corrected chi connectivity index (χ3v) is 3.19. The average molecular weight is 288 g/mol. The van der Waals surface area contributed by atoms with Crippen LogP contribution in [0.15, 0.2) is 0 Å². The number of aliphatic carboxylic acids is 1. The van der Waals surface area contributed by atoms with Crippen LogP contribution in [0.25, 0.3) is 0 Å². The Labute approximate surface area is 123 Å². The first-order valence-electron chi connectivity index (χ1n) is 8.14. The van der Waals surface area contributed by atoms with Gasteiger partial charge in [-0.1, -0.05) is 51.9 Å². The minimum absolute atomic E-state index is 0.180. The van der Waals surface area contributed by atoms with Crippen molar-refractivity contribution in [2.45, 2.75) is 71.1 Å². The molecule has 0 spiro atoms. The summed E-state index contributed by atoms with van der Waals surface area (Å²) in [6.07, 6.45) is 11.3. The summed E-state index contributed by atoms with van der Waals surface area (Å²) in [5, 5.41) is 8.44. The molecule has 0 aromatic heterocycles. The molecule has 0 bridgehead atoms. The van der Waals surface area contributed by atoms with Gasteiger partial charge in [-0.3, -0.25) is 4.79 Å². The Bertz CT molecular complexity index is 207. The Hall–Kier alpha value is -0.610. The fourth-order valence-electron chi connectivity index (χ4n) is 1.99. The highest BCUT2D eigenvalue weighted by molar-refractivity contribution is 5.66. The monoisotopic (exact) mass is 288 g/mol. The molecule has 0 aliphatic carbocycles. The average Bonchev–Trinajstić information content (AvgIpc) is 2.43. The van der Waals surface area contributed by atoms with Crippen molar-refractivity contribution in [1.29, 1.82) is 0 Å². The van der Waals surface area contributed by atoms with Gasteiger partial charge in [-0.05, 0) is 12.8 Å². The van der Waals surface area contributed by atoms with E-state index in [2.05, 4.69) is 6.92 Å². The second-order valence-corrected chi connectivity index (χ2v) is 5.20. The topological polar surface area (TPSA) is 55.8 Å². The SMILES string of the molecule is CCCCCCCCCCOCCOCCCC(=O)O. The van der Waals surface area contributed by atoms with Gasteiger partial charge < -0.3 is 14.6 Å². The van der Waals surface area contributed by atoms with Crippen molar-refractivity contribution in [2.24, 2.45) is 0 Å². The molecule has 20 heavy (non-hydrogen) atoms. The van der Waals surface area contributed by atoms with Gasteiger partial charge in [0.25, 0.3) is 0 Å². The molecule has 0 aromatic carbocycles. The van der Waals surface area contributed by atoms with Crippen LogP contribution < -0.4 is 0 Å². The number of rotatable bonds is 16. The molecule has 0 aliphatic rings. The van der Waals surface area contributed by atoms with E-state index in [0.717, 1.165) is 13.0 Å². The van der Waals surface area contributed by atoms with E-state index >= 15 is 0 Å². The summed E-state index contributed by atoms with van der Waals surface area (Å²) in [7, 11) is 0. The Balaban J connectivity index is 2.94. The second-order valence-electron chi connectivity index (χ2n) is 5.20. The van der Waals surface area contributed by atoms with Gasteiger partial charge in [0.15, 0.2) is 0 Å². The predicted octanol–water partition coefficient (Wildman–Crippen LogP) is 4.03. The zero-order valence-corrected chi connectivity index (χ0v) is 13.1. The second kappa shape index (κ2) is 16.4. The lowest BCUT2D eigenvalue weighted by Crippen LogP contribution is -2.07. The number of carboxylic acid groups (broad SMARTS) is 1. The van der Waals surface area contributed by atoms with Gasteiger partial charge in [-0.15, -0.1) is 0 Å². The molecule has 0 aliphatic heterocycles. The summed E-state index contributed by atoms with van der Waals surface area (Å²) >= 11 is 0. The number of hydrogen-bond donors (Lipinski definition) is 1. The van der Waals surface area contributed by atoms with Crippen molar-refractivity contribution in [3.63, 3.8) is 0 Å². The zero-order chi connectivity index (χ0) is 14.9. The zero-order valence-electron chi connectivity index (χ0n) is 13.1. The van der Waals surface area contributed by atoms with Crippen LogP contribution in [0.5, 0.6) is 0 Å². The maximum Gasteiger partial charge on any atom is 0.303 e. The van der Waals surface area contributed by atoms with E-state index in [1.165, 1.54) is 44.9 Å². The summed E-state index contributed by atoms with van der Waals surface area (Å²) in [6.45, 7) is 4.74. The first-order valence-corrected chi connectivity index (χ1v) is 8.14. The molecular weight excluding hydrogens is 256 g/mol. The van der Waals surface area contributed by atoms with E-state index in [0.29, 0.717) is 26.2 Å². The van der Waals surface area contributed by atoms with Gasteiger partial charge in [0, 0.05) is 19.6 Å². The van der Waals surface area contributed by atoms with E-state index < -0.39 is 5.97 Å². The molecule has 0 saturated carbocycles. The van der Waals surface area contributed by atoms with E-state index in [4.69, 9.17) is 14.6 Å².